The molecular weight excluding hydrogens is 276 g/mol. The lowest BCUT2D eigenvalue weighted by molar-refractivity contribution is -0.145. The Morgan fingerprint density at radius 2 is 2.20 bits per heavy atom. The number of carboxylic acids is 1. The van der Waals surface area contributed by atoms with E-state index in [-0.39, 0.29) is 17.7 Å². The number of likely N-dealkylation sites (tertiary alicyclic amines) is 1. The van der Waals surface area contributed by atoms with E-state index in [4.69, 9.17) is 5.11 Å². The van der Waals surface area contributed by atoms with Gasteiger partial charge in [0.15, 0.2) is 0 Å². The topological polar surface area (TPSA) is 70.5 Å². The summed E-state index contributed by atoms with van der Waals surface area (Å²) in [6.45, 7) is 7.01. The number of carboxylic acid groups (broad SMARTS) is 1. The molecule has 0 aromatic carbocycles. The van der Waals surface area contributed by atoms with Crippen molar-refractivity contribution in [2.24, 2.45) is 11.8 Å². The molecule has 5 nitrogen and oxygen atoms in total. The highest BCUT2D eigenvalue weighted by molar-refractivity contribution is 7.13. The molecule has 1 amide bonds. The number of hydrogen-bond donors (Lipinski definition) is 1. The molecule has 0 radical (unpaired) electrons. The lowest BCUT2D eigenvalue weighted by Crippen LogP contribution is -2.44. The highest BCUT2D eigenvalue weighted by Crippen LogP contribution is 2.27. The summed E-state index contributed by atoms with van der Waals surface area (Å²) in [6, 6.07) is 0. The van der Waals surface area contributed by atoms with Gasteiger partial charge in [-0.2, -0.15) is 0 Å². The zero-order valence-electron chi connectivity index (χ0n) is 12.0. The van der Waals surface area contributed by atoms with Gasteiger partial charge in [-0.05, 0) is 12.3 Å². The normalized spacial score (nSPS) is 23.1. The van der Waals surface area contributed by atoms with Gasteiger partial charge in [-0.3, -0.25) is 9.59 Å². The Morgan fingerprint density at radius 1 is 1.50 bits per heavy atom. The Kier molecular flexibility index (Phi) is 4.42. The highest BCUT2D eigenvalue weighted by atomic mass is 32.1. The monoisotopic (exact) mass is 296 g/mol. The predicted molar refractivity (Wildman–Crippen MR) is 77.0 cm³/mol. The molecule has 1 aromatic heterocycles. The number of nitrogens with zero attached hydrogens (tertiary/aromatic N) is 2. The molecule has 20 heavy (non-hydrogen) atoms. The van der Waals surface area contributed by atoms with Gasteiger partial charge < -0.3 is 10.0 Å². The first-order valence-electron chi connectivity index (χ1n) is 6.88. The average Bonchev–Trinajstić information content (AvgIpc) is 2.87. The van der Waals surface area contributed by atoms with Crippen LogP contribution in [0.5, 0.6) is 0 Å². The van der Waals surface area contributed by atoms with Gasteiger partial charge in [-0.25, -0.2) is 4.98 Å². The third-order valence-corrected chi connectivity index (χ3v) is 5.02. The van der Waals surface area contributed by atoms with E-state index >= 15 is 0 Å². The third-order valence-electron chi connectivity index (χ3n) is 3.74. The largest absolute Gasteiger partial charge is 0.481 e. The molecule has 1 saturated heterocycles. The van der Waals surface area contributed by atoms with Crippen molar-refractivity contribution in [3.8, 4) is 0 Å². The second kappa shape index (κ2) is 5.91. The van der Waals surface area contributed by atoms with Gasteiger partial charge >= 0.3 is 5.97 Å². The molecule has 2 rings (SSSR count). The van der Waals surface area contributed by atoms with E-state index in [2.05, 4.69) is 4.98 Å². The highest BCUT2D eigenvalue weighted by Gasteiger charge is 2.33. The summed E-state index contributed by atoms with van der Waals surface area (Å²) in [4.78, 5) is 30.2. The smallest absolute Gasteiger partial charge is 0.306 e. The number of amides is 1. The van der Waals surface area contributed by atoms with Gasteiger partial charge in [0.1, 0.15) is 4.88 Å². The van der Waals surface area contributed by atoms with E-state index in [1.165, 1.54) is 11.3 Å². The fraction of sp³-hybridized carbons (Fsp3) is 0.643. The van der Waals surface area contributed by atoms with Crippen LogP contribution in [0.4, 0.5) is 0 Å². The lowest BCUT2D eigenvalue weighted by atomic mass is 9.87. The van der Waals surface area contributed by atoms with Crippen molar-refractivity contribution in [2.45, 2.75) is 33.1 Å². The van der Waals surface area contributed by atoms with E-state index in [1.807, 2.05) is 20.8 Å². The number of aliphatic carboxylic acids is 1. The van der Waals surface area contributed by atoms with E-state index in [1.54, 1.807) is 11.1 Å². The SMILES string of the molecule is CC(C)c1ncc(C(=O)N2CCC(C(=O)O)C(C)C2)s1. The molecule has 6 heteroatoms. The second-order valence-corrected chi connectivity index (χ2v) is 6.74. The molecule has 2 heterocycles. The minimum Gasteiger partial charge on any atom is -0.481 e. The Hall–Kier alpha value is -1.43. The van der Waals surface area contributed by atoms with Crippen molar-refractivity contribution in [2.75, 3.05) is 13.1 Å². The number of thiazole rings is 1. The Balaban J connectivity index is 2.05. The van der Waals surface area contributed by atoms with Crippen molar-refractivity contribution >= 4 is 23.2 Å². The maximum atomic E-state index is 12.4. The van der Waals surface area contributed by atoms with Crippen LogP contribution in [0.1, 0.15) is 47.8 Å². The molecule has 110 valence electrons. The summed E-state index contributed by atoms with van der Waals surface area (Å²) >= 11 is 1.43. The number of piperidine rings is 1. The van der Waals surface area contributed by atoms with Crippen molar-refractivity contribution in [1.82, 2.24) is 9.88 Å². The first-order chi connectivity index (χ1) is 9.40. The number of aromatic nitrogens is 1. The van der Waals surface area contributed by atoms with Crippen LogP contribution in [0.15, 0.2) is 6.20 Å². The lowest BCUT2D eigenvalue weighted by Gasteiger charge is -2.34. The molecule has 1 fully saturated rings. The number of carbonyl (C=O) groups is 2. The molecular formula is C14H20N2O3S. The van der Waals surface area contributed by atoms with Crippen LogP contribution < -0.4 is 0 Å². The van der Waals surface area contributed by atoms with Gasteiger partial charge in [0.05, 0.1) is 17.1 Å². The van der Waals surface area contributed by atoms with E-state index in [9.17, 15) is 9.59 Å². The number of hydrogen-bond acceptors (Lipinski definition) is 4. The molecule has 0 spiro atoms. The molecule has 0 saturated carbocycles. The molecule has 1 aliphatic rings. The van der Waals surface area contributed by atoms with Crippen molar-refractivity contribution in [3.05, 3.63) is 16.1 Å². The molecule has 0 aliphatic carbocycles. The molecule has 2 atom stereocenters. The maximum absolute atomic E-state index is 12.4. The van der Waals surface area contributed by atoms with Gasteiger partial charge in [0, 0.05) is 19.0 Å². The predicted octanol–water partition coefficient (Wildman–Crippen LogP) is 2.45. The first-order valence-corrected chi connectivity index (χ1v) is 7.69. The fourth-order valence-corrected chi connectivity index (χ4v) is 3.39. The first kappa shape index (κ1) is 15.0. The van der Waals surface area contributed by atoms with Crippen LogP contribution in [0, 0.1) is 11.8 Å². The minimum absolute atomic E-state index is 0.0114. The number of carbonyl (C=O) groups excluding carboxylic acids is 1. The van der Waals surface area contributed by atoms with Gasteiger partial charge in [-0.15, -0.1) is 11.3 Å². The summed E-state index contributed by atoms with van der Waals surface area (Å²) in [5.41, 5.74) is 0. The van der Waals surface area contributed by atoms with Crippen molar-refractivity contribution in [3.63, 3.8) is 0 Å². The third kappa shape index (κ3) is 3.00. The van der Waals surface area contributed by atoms with Crippen molar-refractivity contribution < 1.29 is 14.7 Å². The summed E-state index contributed by atoms with van der Waals surface area (Å²) in [6.07, 6.45) is 2.16. The minimum atomic E-state index is -0.760. The van der Waals surface area contributed by atoms with Crippen LogP contribution >= 0.6 is 11.3 Å². The van der Waals surface area contributed by atoms with Crippen LogP contribution in [-0.2, 0) is 4.79 Å². The van der Waals surface area contributed by atoms with Crippen LogP contribution in [0.25, 0.3) is 0 Å². The van der Waals surface area contributed by atoms with E-state index in [0.29, 0.717) is 30.3 Å². The standard InChI is InChI=1S/C14H20N2O3S/c1-8(2)12-15-6-11(20-12)13(17)16-5-4-10(14(18)19)9(3)7-16/h6,8-10H,4-5,7H2,1-3H3,(H,18,19). The second-order valence-electron chi connectivity index (χ2n) is 5.68. The molecule has 0 bridgehead atoms. The summed E-state index contributed by atoms with van der Waals surface area (Å²) < 4.78 is 0. The van der Waals surface area contributed by atoms with Crippen LogP contribution in [-0.4, -0.2) is 40.0 Å². The van der Waals surface area contributed by atoms with Gasteiger partial charge in [-0.1, -0.05) is 20.8 Å². The molecule has 1 N–H and O–H groups in total. The number of rotatable bonds is 3. The van der Waals surface area contributed by atoms with Gasteiger partial charge in [0.25, 0.3) is 5.91 Å². The molecule has 1 aromatic rings. The summed E-state index contributed by atoms with van der Waals surface area (Å²) in [5.74, 6) is -0.817. The average molecular weight is 296 g/mol. The van der Waals surface area contributed by atoms with E-state index < -0.39 is 5.97 Å². The van der Waals surface area contributed by atoms with Crippen molar-refractivity contribution in [1.29, 1.82) is 0 Å². The fourth-order valence-electron chi connectivity index (χ4n) is 2.51. The van der Waals surface area contributed by atoms with Gasteiger partial charge in [0.2, 0.25) is 0 Å². The maximum Gasteiger partial charge on any atom is 0.306 e. The summed E-state index contributed by atoms with van der Waals surface area (Å²) in [5, 5.41) is 10.1. The zero-order chi connectivity index (χ0) is 14.9. The summed E-state index contributed by atoms with van der Waals surface area (Å²) in [7, 11) is 0. The van der Waals surface area contributed by atoms with E-state index in [0.717, 1.165) is 5.01 Å². The van der Waals surface area contributed by atoms with Crippen LogP contribution in [0.2, 0.25) is 0 Å². The van der Waals surface area contributed by atoms with Crippen LogP contribution in [0.3, 0.4) is 0 Å². The zero-order valence-corrected chi connectivity index (χ0v) is 12.8. The quantitative estimate of drug-likeness (QED) is 0.930. The Labute approximate surface area is 122 Å². The molecule has 1 aliphatic heterocycles. The Morgan fingerprint density at radius 3 is 2.70 bits per heavy atom. The molecule has 2 unspecified atom stereocenters. The Bertz CT molecular complexity index is 512.